The van der Waals surface area contributed by atoms with Crippen LogP contribution in [0.2, 0.25) is 0 Å². The van der Waals surface area contributed by atoms with Gasteiger partial charge in [-0.1, -0.05) is 0 Å². The van der Waals surface area contributed by atoms with Crippen molar-refractivity contribution in [3.8, 4) is 0 Å². The summed E-state index contributed by atoms with van der Waals surface area (Å²) in [5.41, 5.74) is 1.66. The van der Waals surface area contributed by atoms with Gasteiger partial charge in [-0.3, -0.25) is 9.89 Å². The Morgan fingerprint density at radius 1 is 1.28 bits per heavy atom. The van der Waals surface area contributed by atoms with E-state index in [9.17, 15) is 18.0 Å². The second-order valence-electron chi connectivity index (χ2n) is 7.09. The molecular weight excluding hydrogens is 427 g/mol. The van der Waals surface area contributed by atoms with Crippen LogP contribution in [0.25, 0.3) is 10.9 Å². The first-order chi connectivity index (χ1) is 15.2. The zero-order chi connectivity index (χ0) is 23.7. The number of aromatic amines is 1. The monoisotopic (exact) mass is 453 g/mol. The van der Waals surface area contributed by atoms with E-state index in [0.29, 0.717) is 23.4 Å². The standard InChI is InChI=1S/C16H16FN5O.C4H8O.CH2F2O/c1-9(10-5-6-19-14(7-10)18-2)20-16(23)15-12-4-3-11(17)8-13(12)21-22-15;5-3-4-1-2-4;2-1(3)4/h3-9H,1-2H3,(H,18,19)(H,20,23)(H,21,22);4-5H,1-3H2;1,4H. The highest BCUT2D eigenvalue weighted by atomic mass is 19.3. The summed E-state index contributed by atoms with van der Waals surface area (Å²) in [4.78, 5) is 16.6. The minimum absolute atomic E-state index is 0.218. The van der Waals surface area contributed by atoms with Crippen LogP contribution < -0.4 is 10.6 Å². The van der Waals surface area contributed by atoms with Gasteiger partial charge in [0.15, 0.2) is 5.69 Å². The lowest BCUT2D eigenvalue weighted by atomic mass is 10.1. The van der Waals surface area contributed by atoms with Gasteiger partial charge in [0, 0.05) is 25.2 Å². The number of carbonyl (C=O) groups excluding carboxylic acids is 1. The molecule has 32 heavy (non-hydrogen) atoms. The molecule has 0 saturated heterocycles. The van der Waals surface area contributed by atoms with Crippen LogP contribution in [-0.2, 0) is 0 Å². The van der Waals surface area contributed by atoms with Crippen LogP contribution in [0.1, 0.15) is 41.9 Å². The molecule has 1 aliphatic carbocycles. The van der Waals surface area contributed by atoms with E-state index in [1.165, 1.54) is 25.0 Å². The smallest absolute Gasteiger partial charge is 0.342 e. The molecule has 0 radical (unpaired) electrons. The third-order valence-corrected chi connectivity index (χ3v) is 4.58. The lowest BCUT2D eigenvalue weighted by molar-refractivity contribution is -0.0728. The summed E-state index contributed by atoms with van der Waals surface area (Å²) >= 11 is 0. The largest absolute Gasteiger partial charge is 0.396 e. The van der Waals surface area contributed by atoms with E-state index < -0.39 is 6.61 Å². The number of alkyl halides is 2. The summed E-state index contributed by atoms with van der Waals surface area (Å²) in [5, 5.41) is 28.0. The Hall–Kier alpha value is -3.18. The molecule has 0 bridgehead atoms. The van der Waals surface area contributed by atoms with Crippen molar-refractivity contribution in [2.45, 2.75) is 32.4 Å². The van der Waals surface area contributed by atoms with Crippen molar-refractivity contribution in [3.63, 3.8) is 0 Å². The third-order valence-electron chi connectivity index (χ3n) is 4.58. The molecule has 1 atom stereocenters. The molecule has 2 aromatic heterocycles. The van der Waals surface area contributed by atoms with Crippen molar-refractivity contribution in [1.82, 2.24) is 20.5 Å². The molecule has 4 rings (SSSR count). The van der Waals surface area contributed by atoms with Crippen molar-refractivity contribution in [2.75, 3.05) is 19.0 Å². The molecule has 1 amide bonds. The quantitative estimate of drug-likeness (QED) is 0.404. The predicted molar refractivity (Wildman–Crippen MR) is 114 cm³/mol. The average Bonchev–Trinajstić information content (AvgIpc) is 3.52. The van der Waals surface area contributed by atoms with E-state index in [-0.39, 0.29) is 23.5 Å². The van der Waals surface area contributed by atoms with Gasteiger partial charge >= 0.3 is 6.61 Å². The Balaban J connectivity index is 0.000000338. The van der Waals surface area contributed by atoms with Gasteiger partial charge in [-0.15, -0.1) is 0 Å². The first kappa shape index (κ1) is 25.1. The van der Waals surface area contributed by atoms with Crippen molar-refractivity contribution in [2.24, 2.45) is 5.92 Å². The molecule has 8 nitrogen and oxygen atoms in total. The number of pyridine rings is 1. The van der Waals surface area contributed by atoms with Gasteiger partial charge in [0.1, 0.15) is 11.6 Å². The van der Waals surface area contributed by atoms with Crippen LogP contribution in [0.15, 0.2) is 36.5 Å². The van der Waals surface area contributed by atoms with Gasteiger partial charge in [-0.25, -0.2) is 9.37 Å². The highest BCUT2D eigenvalue weighted by molar-refractivity contribution is 6.04. The fourth-order valence-corrected chi connectivity index (χ4v) is 2.67. The van der Waals surface area contributed by atoms with Crippen LogP contribution in [0.5, 0.6) is 0 Å². The van der Waals surface area contributed by atoms with E-state index in [0.717, 1.165) is 11.4 Å². The van der Waals surface area contributed by atoms with Gasteiger partial charge in [0.25, 0.3) is 5.91 Å². The Bertz CT molecular complexity index is 1010. The predicted octanol–water partition coefficient (Wildman–Crippen LogP) is 3.22. The van der Waals surface area contributed by atoms with Crippen LogP contribution >= 0.6 is 0 Å². The third kappa shape index (κ3) is 7.82. The molecule has 11 heteroatoms. The molecule has 3 aromatic rings. The molecule has 0 aliphatic heterocycles. The van der Waals surface area contributed by atoms with Gasteiger partial charge in [0.05, 0.1) is 11.6 Å². The average molecular weight is 453 g/mol. The number of anilines is 1. The second kappa shape index (κ2) is 12.0. The number of aromatic nitrogens is 3. The van der Waals surface area contributed by atoms with Gasteiger partial charge in [-0.2, -0.15) is 13.9 Å². The highest BCUT2D eigenvalue weighted by Crippen LogP contribution is 2.27. The number of nitrogens with one attached hydrogen (secondary N) is 3. The van der Waals surface area contributed by atoms with Crippen LogP contribution in [-0.4, -0.2) is 51.6 Å². The Morgan fingerprint density at radius 2 is 1.97 bits per heavy atom. The van der Waals surface area contributed by atoms with E-state index in [1.54, 1.807) is 19.3 Å². The van der Waals surface area contributed by atoms with E-state index >= 15 is 0 Å². The number of halogens is 3. The molecular formula is C21H26F3N5O3. The minimum Gasteiger partial charge on any atom is -0.396 e. The summed E-state index contributed by atoms with van der Waals surface area (Å²) in [7, 11) is 1.78. The Labute approximate surface area is 182 Å². The number of benzene rings is 1. The maximum atomic E-state index is 13.2. The van der Waals surface area contributed by atoms with E-state index in [2.05, 4.69) is 25.8 Å². The van der Waals surface area contributed by atoms with E-state index in [1.807, 2.05) is 19.1 Å². The number of fused-ring (bicyclic) bond motifs is 1. The normalized spacial score (nSPS) is 13.5. The number of carbonyl (C=O) groups is 1. The minimum atomic E-state index is -3.17. The zero-order valence-electron chi connectivity index (χ0n) is 17.6. The summed E-state index contributed by atoms with van der Waals surface area (Å²) in [5.74, 6) is 0.718. The second-order valence-corrected chi connectivity index (χ2v) is 7.09. The SMILES string of the molecule is CNc1cc(C(C)NC(=O)c2n[nH]c3cc(F)ccc23)ccn1.OC(F)F.OCC1CC1. The van der Waals surface area contributed by atoms with Crippen molar-refractivity contribution in [3.05, 3.63) is 53.6 Å². The number of aliphatic hydroxyl groups is 2. The lowest BCUT2D eigenvalue weighted by Gasteiger charge is -2.14. The number of nitrogens with zero attached hydrogens (tertiary/aromatic N) is 2. The molecule has 2 heterocycles. The van der Waals surface area contributed by atoms with Crippen molar-refractivity contribution >= 4 is 22.6 Å². The first-order valence-electron chi connectivity index (χ1n) is 9.90. The zero-order valence-corrected chi connectivity index (χ0v) is 17.6. The number of amides is 1. The maximum absolute atomic E-state index is 13.2. The van der Waals surface area contributed by atoms with Crippen molar-refractivity contribution in [1.29, 1.82) is 0 Å². The Kier molecular flexibility index (Phi) is 9.41. The molecule has 1 fully saturated rings. The van der Waals surface area contributed by atoms with Gasteiger partial charge in [0.2, 0.25) is 0 Å². The number of rotatable bonds is 5. The van der Waals surface area contributed by atoms with Gasteiger partial charge < -0.3 is 20.8 Å². The van der Waals surface area contributed by atoms with Gasteiger partial charge in [-0.05, 0) is 61.6 Å². The molecule has 1 saturated carbocycles. The first-order valence-corrected chi connectivity index (χ1v) is 9.90. The molecule has 5 N–H and O–H groups in total. The molecule has 1 aromatic carbocycles. The molecule has 174 valence electrons. The maximum Gasteiger partial charge on any atom is 0.342 e. The molecule has 0 spiro atoms. The summed E-state index contributed by atoms with van der Waals surface area (Å²) in [6.07, 6.45) is 4.20. The number of H-pyrrole nitrogens is 1. The number of hydrogen-bond acceptors (Lipinski definition) is 6. The highest BCUT2D eigenvalue weighted by Gasteiger charge is 2.19. The fraction of sp³-hybridized carbons (Fsp3) is 0.381. The number of hydrogen-bond donors (Lipinski definition) is 5. The Morgan fingerprint density at radius 3 is 2.53 bits per heavy atom. The summed E-state index contributed by atoms with van der Waals surface area (Å²) in [6, 6.07) is 7.64. The number of aliphatic hydroxyl groups excluding tert-OH is 2. The molecule has 1 unspecified atom stereocenters. The molecule has 1 aliphatic rings. The van der Waals surface area contributed by atoms with Crippen LogP contribution in [0.3, 0.4) is 0 Å². The fourth-order valence-electron chi connectivity index (χ4n) is 2.67. The lowest BCUT2D eigenvalue weighted by Crippen LogP contribution is -2.27. The summed E-state index contributed by atoms with van der Waals surface area (Å²) in [6.45, 7) is -0.874. The van der Waals surface area contributed by atoms with Crippen LogP contribution in [0, 0.1) is 11.7 Å². The topological polar surface area (TPSA) is 123 Å². The summed E-state index contributed by atoms with van der Waals surface area (Å²) < 4.78 is 33.0. The van der Waals surface area contributed by atoms with Crippen molar-refractivity contribution < 1.29 is 28.2 Å². The van der Waals surface area contributed by atoms with Crippen LogP contribution in [0.4, 0.5) is 19.0 Å². The van der Waals surface area contributed by atoms with E-state index in [4.69, 9.17) is 10.2 Å².